The summed E-state index contributed by atoms with van der Waals surface area (Å²) in [7, 11) is 0. The number of aliphatic hydroxyl groups is 1. The van der Waals surface area contributed by atoms with Crippen LogP contribution in [0.25, 0.3) is 0 Å². The van der Waals surface area contributed by atoms with Gasteiger partial charge in [0.1, 0.15) is 0 Å². The summed E-state index contributed by atoms with van der Waals surface area (Å²) in [6, 6.07) is 0. The highest BCUT2D eigenvalue weighted by molar-refractivity contribution is 5.05. The van der Waals surface area contributed by atoms with Crippen molar-refractivity contribution in [3.63, 3.8) is 0 Å². The van der Waals surface area contributed by atoms with Crippen LogP contribution in [0.3, 0.4) is 0 Å². The molecule has 1 aliphatic rings. The van der Waals surface area contributed by atoms with Crippen LogP contribution in [0.4, 0.5) is 0 Å². The first-order valence-corrected chi connectivity index (χ1v) is 3.93. The smallest absolute Gasteiger partial charge is 0.0921 e. The van der Waals surface area contributed by atoms with Crippen molar-refractivity contribution in [2.75, 3.05) is 6.61 Å². The monoisotopic (exact) mass is 152 g/mol. The van der Waals surface area contributed by atoms with Gasteiger partial charge in [-0.25, -0.2) is 4.98 Å². The summed E-state index contributed by atoms with van der Waals surface area (Å²) in [4.78, 5) is 6.98. The Morgan fingerprint density at radius 1 is 1.64 bits per heavy atom. The summed E-state index contributed by atoms with van der Waals surface area (Å²) in [5.41, 5.74) is 1.34. The van der Waals surface area contributed by atoms with Gasteiger partial charge in [-0.3, -0.25) is 0 Å². The largest absolute Gasteiger partial charge is 0.396 e. The van der Waals surface area contributed by atoms with Crippen molar-refractivity contribution in [1.29, 1.82) is 0 Å². The second-order valence-electron chi connectivity index (χ2n) is 3.41. The third-order valence-electron chi connectivity index (χ3n) is 2.41. The van der Waals surface area contributed by atoms with Crippen LogP contribution >= 0.6 is 0 Å². The van der Waals surface area contributed by atoms with Crippen molar-refractivity contribution < 1.29 is 5.11 Å². The molecule has 2 rings (SSSR count). The van der Waals surface area contributed by atoms with Gasteiger partial charge in [-0.05, 0) is 24.7 Å². The van der Waals surface area contributed by atoms with Crippen LogP contribution in [0.2, 0.25) is 0 Å². The van der Waals surface area contributed by atoms with Crippen molar-refractivity contribution in [3.05, 3.63) is 18.2 Å². The second kappa shape index (κ2) is 2.34. The zero-order valence-corrected chi connectivity index (χ0v) is 6.38. The van der Waals surface area contributed by atoms with Gasteiger partial charge in [0.15, 0.2) is 0 Å². The molecule has 0 spiro atoms. The van der Waals surface area contributed by atoms with E-state index in [4.69, 9.17) is 5.11 Å². The Labute approximate surface area is 65.5 Å². The van der Waals surface area contributed by atoms with Crippen molar-refractivity contribution in [2.45, 2.75) is 19.3 Å². The zero-order chi connectivity index (χ0) is 7.73. The molecule has 3 heteroatoms. The average Bonchev–Trinajstić information content (AvgIpc) is 2.59. The fraction of sp³-hybridized carbons (Fsp3) is 0.625. The molecule has 1 aromatic heterocycles. The lowest BCUT2D eigenvalue weighted by atomic mass is 10.0. The fourth-order valence-corrected chi connectivity index (χ4v) is 1.35. The van der Waals surface area contributed by atoms with Crippen LogP contribution in [0.15, 0.2) is 12.5 Å². The molecule has 1 aliphatic carbocycles. The second-order valence-corrected chi connectivity index (χ2v) is 3.41. The molecular formula is C8H12N2O. The normalized spacial score (nSPS) is 20.1. The molecule has 0 bridgehead atoms. The molecule has 0 aliphatic heterocycles. The molecule has 60 valence electrons. The topological polar surface area (TPSA) is 48.9 Å². The summed E-state index contributed by atoms with van der Waals surface area (Å²) in [6.45, 7) is 0.312. The molecule has 3 nitrogen and oxygen atoms in total. The Bertz CT molecular complexity index is 226. The van der Waals surface area contributed by atoms with E-state index in [2.05, 4.69) is 9.97 Å². The minimum atomic E-state index is 0.201. The van der Waals surface area contributed by atoms with E-state index < -0.39 is 0 Å². The lowest BCUT2D eigenvalue weighted by molar-refractivity contribution is 0.210. The van der Waals surface area contributed by atoms with E-state index in [1.807, 2.05) is 6.20 Å². The van der Waals surface area contributed by atoms with Gasteiger partial charge in [0.05, 0.1) is 6.33 Å². The average molecular weight is 152 g/mol. The number of aromatic amines is 1. The van der Waals surface area contributed by atoms with E-state index in [0.717, 1.165) is 25.0 Å². The Kier molecular flexibility index (Phi) is 1.46. The first-order chi connectivity index (χ1) is 5.35. The van der Waals surface area contributed by atoms with Gasteiger partial charge in [-0.2, -0.15) is 0 Å². The van der Waals surface area contributed by atoms with Crippen molar-refractivity contribution in [1.82, 2.24) is 9.97 Å². The molecule has 0 saturated heterocycles. The number of H-pyrrole nitrogens is 1. The number of aromatic nitrogens is 2. The molecule has 0 aromatic carbocycles. The first-order valence-electron chi connectivity index (χ1n) is 3.93. The lowest BCUT2D eigenvalue weighted by Gasteiger charge is -2.08. The lowest BCUT2D eigenvalue weighted by Crippen LogP contribution is -2.10. The maximum Gasteiger partial charge on any atom is 0.0921 e. The first kappa shape index (κ1) is 6.85. The van der Waals surface area contributed by atoms with Crippen molar-refractivity contribution >= 4 is 0 Å². The number of nitrogens with zero attached hydrogens (tertiary/aromatic N) is 1. The Morgan fingerprint density at radius 3 is 2.91 bits per heavy atom. The highest BCUT2D eigenvalue weighted by Gasteiger charge is 2.42. The molecule has 0 amide bonds. The van der Waals surface area contributed by atoms with Crippen LogP contribution < -0.4 is 0 Å². The number of aliphatic hydroxyl groups excluding tert-OH is 1. The zero-order valence-electron chi connectivity index (χ0n) is 6.38. The minimum Gasteiger partial charge on any atom is -0.396 e. The van der Waals surface area contributed by atoms with E-state index in [0.29, 0.717) is 6.61 Å². The van der Waals surface area contributed by atoms with Crippen LogP contribution in [0.5, 0.6) is 0 Å². The molecule has 0 atom stereocenters. The molecule has 11 heavy (non-hydrogen) atoms. The predicted molar refractivity (Wildman–Crippen MR) is 41.0 cm³/mol. The Balaban J connectivity index is 2.01. The van der Waals surface area contributed by atoms with Crippen molar-refractivity contribution in [2.24, 2.45) is 5.41 Å². The van der Waals surface area contributed by atoms with Crippen LogP contribution in [-0.4, -0.2) is 21.7 Å². The Morgan fingerprint density at radius 2 is 2.45 bits per heavy atom. The molecule has 1 aromatic rings. The highest BCUT2D eigenvalue weighted by Crippen LogP contribution is 2.47. The molecule has 0 radical (unpaired) electrons. The standard InChI is InChI=1S/C8H12N2O/c11-5-8(1-2-8)3-7-4-9-6-10-7/h4,6,11H,1-3,5H2,(H,9,10). The van der Waals surface area contributed by atoms with Crippen LogP contribution in [0.1, 0.15) is 18.5 Å². The van der Waals surface area contributed by atoms with Gasteiger partial charge >= 0.3 is 0 Å². The number of imidazole rings is 1. The maximum absolute atomic E-state index is 9.02. The molecular weight excluding hydrogens is 140 g/mol. The van der Waals surface area contributed by atoms with Gasteiger partial charge < -0.3 is 10.1 Å². The van der Waals surface area contributed by atoms with Crippen LogP contribution in [-0.2, 0) is 6.42 Å². The third kappa shape index (κ3) is 1.28. The fourth-order valence-electron chi connectivity index (χ4n) is 1.35. The van der Waals surface area contributed by atoms with Gasteiger partial charge in [-0.15, -0.1) is 0 Å². The number of nitrogens with one attached hydrogen (secondary N) is 1. The maximum atomic E-state index is 9.02. The highest BCUT2D eigenvalue weighted by atomic mass is 16.3. The quantitative estimate of drug-likeness (QED) is 0.670. The van der Waals surface area contributed by atoms with Crippen LogP contribution in [0, 0.1) is 5.41 Å². The molecule has 0 unspecified atom stereocenters. The van der Waals surface area contributed by atoms with E-state index in [9.17, 15) is 0 Å². The van der Waals surface area contributed by atoms with E-state index in [-0.39, 0.29) is 5.41 Å². The molecule has 1 fully saturated rings. The Hall–Kier alpha value is -0.830. The third-order valence-corrected chi connectivity index (χ3v) is 2.41. The number of rotatable bonds is 3. The minimum absolute atomic E-state index is 0.201. The summed E-state index contributed by atoms with van der Waals surface area (Å²) >= 11 is 0. The SMILES string of the molecule is OCC1(Cc2cnc[nH]2)CC1. The summed E-state index contributed by atoms with van der Waals surface area (Å²) in [5.74, 6) is 0. The predicted octanol–water partition coefficient (Wildman–Crippen LogP) is 0.725. The van der Waals surface area contributed by atoms with Crippen molar-refractivity contribution in [3.8, 4) is 0 Å². The van der Waals surface area contributed by atoms with Gasteiger partial charge in [0.2, 0.25) is 0 Å². The molecule has 2 N–H and O–H groups in total. The molecule has 1 saturated carbocycles. The van der Waals surface area contributed by atoms with E-state index >= 15 is 0 Å². The van der Waals surface area contributed by atoms with Gasteiger partial charge in [-0.1, -0.05) is 0 Å². The van der Waals surface area contributed by atoms with Gasteiger partial charge in [0, 0.05) is 18.5 Å². The summed E-state index contributed by atoms with van der Waals surface area (Å²) < 4.78 is 0. The summed E-state index contributed by atoms with van der Waals surface area (Å²) in [5, 5.41) is 9.02. The van der Waals surface area contributed by atoms with E-state index in [1.165, 1.54) is 0 Å². The number of hydrogen-bond acceptors (Lipinski definition) is 2. The van der Waals surface area contributed by atoms with E-state index in [1.54, 1.807) is 6.33 Å². The molecule has 1 heterocycles. The number of hydrogen-bond donors (Lipinski definition) is 2. The van der Waals surface area contributed by atoms with Gasteiger partial charge in [0.25, 0.3) is 0 Å². The summed E-state index contributed by atoms with van der Waals surface area (Å²) in [6.07, 6.45) is 6.77.